The predicted octanol–water partition coefficient (Wildman–Crippen LogP) is 0.389. The van der Waals surface area contributed by atoms with Gasteiger partial charge in [-0.3, -0.25) is 4.79 Å². The van der Waals surface area contributed by atoms with E-state index in [9.17, 15) is 17.6 Å². The van der Waals surface area contributed by atoms with Crippen molar-refractivity contribution in [2.24, 2.45) is 5.14 Å². The number of nitrogens with two attached hydrogens (primary N) is 1. The molecule has 0 aromatic heterocycles. The highest BCUT2D eigenvalue weighted by atomic mass is 32.2. The SMILES string of the molecule is C=CCNC(=O)c1cc(F)cc(S(N)(=O)=O)c1. The Morgan fingerprint density at radius 2 is 2.12 bits per heavy atom. The first-order valence-corrected chi connectivity index (χ1v) is 6.11. The summed E-state index contributed by atoms with van der Waals surface area (Å²) in [6.07, 6.45) is 1.44. The average Bonchev–Trinajstić information content (AvgIpc) is 2.23. The van der Waals surface area contributed by atoms with Crippen molar-refractivity contribution in [2.45, 2.75) is 4.90 Å². The Morgan fingerprint density at radius 1 is 1.47 bits per heavy atom. The summed E-state index contributed by atoms with van der Waals surface area (Å²) in [5.41, 5.74) is -0.115. The predicted molar refractivity (Wildman–Crippen MR) is 60.3 cm³/mol. The van der Waals surface area contributed by atoms with E-state index in [2.05, 4.69) is 11.9 Å². The summed E-state index contributed by atoms with van der Waals surface area (Å²) in [7, 11) is -4.04. The van der Waals surface area contributed by atoms with E-state index in [0.29, 0.717) is 0 Å². The lowest BCUT2D eigenvalue weighted by molar-refractivity contribution is 0.0957. The van der Waals surface area contributed by atoms with Gasteiger partial charge in [0.2, 0.25) is 10.0 Å². The van der Waals surface area contributed by atoms with E-state index in [1.54, 1.807) is 0 Å². The smallest absolute Gasteiger partial charge is 0.251 e. The van der Waals surface area contributed by atoms with Crippen LogP contribution < -0.4 is 10.5 Å². The number of rotatable bonds is 4. The normalized spacial score (nSPS) is 10.9. The van der Waals surface area contributed by atoms with Crippen LogP contribution in [-0.2, 0) is 10.0 Å². The first-order chi connectivity index (χ1) is 7.84. The molecule has 0 bridgehead atoms. The second kappa shape index (κ2) is 5.07. The van der Waals surface area contributed by atoms with Crippen molar-refractivity contribution < 1.29 is 17.6 Å². The highest BCUT2D eigenvalue weighted by Crippen LogP contribution is 2.13. The molecule has 3 N–H and O–H groups in total. The lowest BCUT2D eigenvalue weighted by atomic mass is 10.2. The van der Waals surface area contributed by atoms with Crippen LogP contribution in [0.25, 0.3) is 0 Å². The monoisotopic (exact) mass is 258 g/mol. The van der Waals surface area contributed by atoms with Crippen molar-refractivity contribution in [1.82, 2.24) is 5.32 Å². The summed E-state index contributed by atoms with van der Waals surface area (Å²) in [6, 6.07) is 2.68. The molecule has 17 heavy (non-hydrogen) atoms. The molecule has 1 rings (SSSR count). The fourth-order valence-corrected chi connectivity index (χ4v) is 1.69. The van der Waals surface area contributed by atoms with Crippen molar-refractivity contribution >= 4 is 15.9 Å². The summed E-state index contributed by atoms with van der Waals surface area (Å²) in [5.74, 6) is -1.45. The Balaban J connectivity index is 3.14. The summed E-state index contributed by atoms with van der Waals surface area (Å²) in [4.78, 5) is 11.0. The zero-order chi connectivity index (χ0) is 13.1. The number of amides is 1. The van der Waals surface area contributed by atoms with Crippen molar-refractivity contribution in [3.63, 3.8) is 0 Å². The zero-order valence-electron chi connectivity index (χ0n) is 8.81. The van der Waals surface area contributed by atoms with Gasteiger partial charge in [-0.1, -0.05) is 6.08 Å². The third kappa shape index (κ3) is 3.65. The fraction of sp³-hybridized carbons (Fsp3) is 0.100. The van der Waals surface area contributed by atoms with Gasteiger partial charge in [0, 0.05) is 12.1 Å². The highest BCUT2D eigenvalue weighted by Gasteiger charge is 2.14. The molecule has 0 aliphatic carbocycles. The Bertz CT molecular complexity index is 555. The number of carbonyl (C=O) groups is 1. The van der Waals surface area contributed by atoms with Crippen molar-refractivity contribution in [3.8, 4) is 0 Å². The Kier molecular flexibility index (Phi) is 3.97. The second-order valence-electron chi connectivity index (χ2n) is 3.22. The van der Waals surface area contributed by atoms with Crippen molar-refractivity contribution in [1.29, 1.82) is 0 Å². The molecule has 0 saturated carbocycles. The maximum absolute atomic E-state index is 13.1. The van der Waals surface area contributed by atoms with Crippen LogP contribution in [0.15, 0.2) is 35.7 Å². The van der Waals surface area contributed by atoms with Gasteiger partial charge in [-0.05, 0) is 18.2 Å². The number of sulfonamides is 1. The molecule has 0 spiro atoms. The molecule has 1 aromatic rings. The zero-order valence-corrected chi connectivity index (χ0v) is 9.63. The van der Waals surface area contributed by atoms with Gasteiger partial charge in [-0.15, -0.1) is 6.58 Å². The van der Waals surface area contributed by atoms with Gasteiger partial charge >= 0.3 is 0 Å². The Labute approximate surface area is 98.2 Å². The topological polar surface area (TPSA) is 89.3 Å². The number of hydrogen-bond acceptors (Lipinski definition) is 3. The molecular formula is C10H11FN2O3S. The number of carbonyl (C=O) groups excluding carboxylic acids is 1. The largest absolute Gasteiger partial charge is 0.349 e. The van der Waals surface area contributed by atoms with Crippen LogP contribution in [0.3, 0.4) is 0 Å². The molecule has 5 nitrogen and oxygen atoms in total. The van der Waals surface area contributed by atoms with Crippen molar-refractivity contribution in [2.75, 3.05) is 6.54 Å². The van der Waals surface area contributed by atoms with Gasteiger partial charge in [-0.25, -0.2) is 17.9 Å². The number of benzene rings is 1. The van der Waals surface area contributed by atoms with Gasteiger partial charge in [0.1, 0.15) is 5.82 Å². The number of hydrogen-bond donors (Lipinski definition) is 2. The minimum absolute atomic E-state index is 0.115. The van der Waals surface area contributed by atoms with Gasteiger partial charge in [0.05, 0.1) is 4.90 Å². The van der Waals surface area contributed by atoms with Crippen LogP contribution in [-0.4, -0.2) is 20.9 Å². The van der Waals surface area contributed by atoms with Crippen LogP contribution in [0.1, 0.15) is 10.4 Å². The number of primary sulfonamides is 1. The average molecular weight is 258 g/mol. The lowest BCUT2D eigenvalue weighted by Gasteiger charge is -2.05. The minimum Gasteiger partial charge on any atom is -0.349 e. The second-order valence-corrected chi connectivity index (χ2v) is 4.78. The molecule has 0 saturated heterocycles. The number of nitrogens with one attached hydrogen (secondary N) is 1. The maximum atomic E-state index is 13.1. The number of halogens is 1. The van der Waals surface area contributed by atoms with Crippen LogP contribution in [0.5, 0.6) is 0 Å². The Morgan fingerprint density at radius 3 is 2.65 bits per heavy atom. The van der Waals surface area contributed by atoms with Gasteiger partial charge in [-0.2, -0.15) is 0 Å². The first kappa shape index (κ1) is 13.3. The molecule has 0 aliphatic rings. The van der Waals surface area contributed by atoms with E-state index in [1.165, 1.54) is 6.08 Å². The quantitative estimate of drug-likeness (QED) is 0.765. The fourth-order valence-electron chi connectivity index (χ4n) is 1.13. The summed E-state index contributed by atoms with van der Waals surface area (Å²) in [6.45, 7) is 3.59. The maximum Gasteiger partial charge on any atom is 0.251 e. The molecule has 0 radical (unpaired) electrons. The van der Waals surface area contributed by atoms with Gasteiger partial charge in [0.15, 0.2) is 0 Å². The summed E-state index contributed by atoms with van der Waals surface area (Å²) < 4.78 is 35.2. The lowest BCUT2D eigenvalue weighted by Crippen LogP contribution is -2.24. The van der Waals surface area contributed by atoms with Crippen LogP contribution in [0, 0.1) is 5.82 Å². The molecule has 92 valence electrons. The van der Waals surface area contributed by atoms with Crippen LogP contribution in [0.4, 0.5) is 4.39 Å². The molecule has 0 heterocycles. The molecule has 0 aliphatic heterocycles. The first-order valence-electron chi connectivity index (χ1n) is 4.57. The van der Waals surface area contributed by atoms with Crippen LogP contribution >= 0.6 is 0 Å². The molecule has 0 fully saturated rings. The van der Waals surface area contributed by atoms with Gasteiger partial charge < -0.3 is 5.32 Å². The van der Waals surface area contributed by atoms with Gasteiger partial charge in [0.25, 0.3) is 5.91 Å². The van der Waals surface area contributed by atoms with Crippen LogP contribution in [0.2, 0.25) is 0 Å². The molecule has 1 aromatic carbocycles. The third-order valence-corrected chi connectivity index (χ3v) is 2.76. The minimum atomic E-state index is -4.04. The van der Waals surface area contributed by atoms with Crippen molar-refractivity contribution in [3.05, 3.63) is 42.2 Å². The molecule has 0 atom stereocenters. The molecule has 1 amide bonds. The Hall–Kier alpha value is -1.73. The van der Waals surface area contributed by atoms with E-state index < -0.39 is 26.6 Å². The van der Waals surface area contributed by atoms with E-state index >= 15 is 0 Å². The third-order valence-electron chi connectivity index (χ3n) is 1.87. The van der Waals surface area contributed by atoms with E-state index in [1.807, 2.05) is 0 Å². The van der Waals surface area contributed by atoms with E-state index in [0.717, 1.165) is 18.2 Å². The highest BCUT2D eigenvalue weighted by molar-refractivity contribution is 7.89. The molecule has 7 heteroatoms. The molecular weight excluding hydrogens is 247 g/mol. The van der Waals surface area contributed by atoms with E-state index in [4.69, 9.17) is 5.14 Å². The molecule has 0 unspecified atom stereocenters. The summed E-state index contributed by atoms with van der Waals surface area (Å²) in [5, 5.41) is 7.25. The summed E-state index contributed by atoms with van der Waals surface area (Å²) >= 11 is 0. The standard InChI is InChI=1S/C10H11FN2O3S/c1-2-3-13-10(14)7-4-8(11)6-9(5-7)17(12,15)16/h2,4-6H,1,3H2,(H,13,14)(H2,12,15,16). The van der Waals surface area contributed by atoms with E-state index in [-0.39, 0.29) is 12.1 Å².